The van der Waals surface area contributed by atoms with Crippen molar-refractivity contribution in [3.05, 3.63) is 16.6 Å². The minimum Gasteiger partial charge on any atom is -0.462 e. The van der Waals surface area contributed by atoms with Crippen LogP contribution in [0.4, 0.5) is 22.7 Å². The van der Waals surface area contributed by atoms with Gasteiger partial charge < -0.3 is 24.7 Å². The van der Waals surface area contributed by atoms with Crippen molar-refractivity contribution in [2.24, 2.45) is 5.92 Å². The molecular weight excluding hydrogens is 468 g/mol. The van der Waals surface area contributed by atoms with Crippen molar-refractivity contribution in [1.82, 2.24) is 15.0 Å². The predicted octanol–water partition coefficient (Wildman–Crippen LogP) is 3.36. The van der Waals surface area contributed by atoms with Gasteiger partial charge in [0.25, 0.3) is 0 Å². The van der Waals surface area contributed by atoms with Crippen LogP contribution >= 0.6 is 11.3 Å². The van der Waals surface area contributed by atoms with Crippen molar-refractivity contribution in [3.8, 4) is 0 Å². The van der Waals surface area contributed by atoms with E-state index in [1.54, 1.807) is 13.8 Å². The number of carbonyl (C=O) groups excluding carboxylic acids is 1. The molecule has 0 aliphatic carbocycles. The molecule has 0 spiro atoms. The standard InChI is InChI=1S/C23H34N6O4S.CH4/c1-4-33-21(32)20-14(2)24-23(34-20)27-22-25-18(28-9-5-16(6-10-28)15(3)30)13-19(26-22)29-11-7-17(31)8-12-29;/h13,15-17,30-31H,4-12H2,1-3H3,(H,24,25,26,27);1H4. The van der Waals surface area contributed by atoms with E-state index >= 15 is 0 Å². The third-order valence-corrected chi connectivity index (χ3v) is 7.56. The topological polar surface area (TPSA) is 124 Å². The van der Waals surface area contributed by atoms with Crippen LogP contribution in [0.15, 0.2) is 6.07 Å². The van der Waals surface area contributed by atoms with Gasteiger partial charge in [-0.25, -0.2) is 9.78 Å². The summed E-state index contributed by atoms with van der Waals surface area (Å²) in [5.74, 6) is 1.96. The van der Waals surface area contributed by atoms with E-state index in [4.69, 9.17) is 14.7 Å². The Bertz CT molecular complexity index is 984. The number of aliphatic hydroxyl groups is 2. The highest BCUT2D eigenvalue weighted by molar-refractivity contribution is 7.17. The largest absolute Gasteiger partial charge is 0.462 e. The summed E-state index contributed by atoms with van der Waals surface area (Å²) in [4.78, 5) is 31.0. The summed E-state index contributed by atoms with van der Waals surface area (Å²) in [6.45, 7) is 8.80. The fourth-order valence-corrected chi connectivity index (χ4v) is 5.29. The van der Waals surface area contributed by atoms with Gasteiger partial charge in [0.05, 0.1) is 24.5 Å². The number of rotatable bonds is 7. The maximum Gasteiger partial charge on any atom is 0.350 e. The van der Waals surface area contributed by atoms with Crippen LogP contribution in [-0.2, 0) is 4.74 Å². The molecule has 2 aromatic rings. The van der Waals surface area contributed by atoms with E-state index in [0.717, 1.165) is 50.7 Å². The number of hydrogen-bond donors (Lipinski definition) is 3. The molecule has 2 saturated heterocycles. The van der Waals surface area contributed by atoms with E-state index < -0.39 is 0 Å². The van der Waals surface area contributed by atoms with Crippen LogP contribution in [0, 0.1) is 12.8 Å². The molecule has 1 unspecified atom stereocenters. The summed E-state index contributed by atoms with van der Waals surface area (Å²) < 4.78 is 5.12. The normalized spacial score (nSPS) is 18.2. The molecule has 0 radical (unpaired) electrons. The lowest BCUT2D eigenvalue weighted by atomic mass is 9.92. The molecule has 11 heteroatoms. The zero-order chi connectivity index (χ0) is 24.2. The number of anilines is 4. The van der Waals surface area contributed by atoms with Crippen molar-refractivity contribution in [1.29, 1.82) is 0 Å². The Morgan fingerprint density at radius 3 is 2.26 bits per heavy atom. The Balaban J connectivity index is 0.00000342. The summed E-state index contributed by atoms with van der Waals surface area (Å²) in [6, 6.07) is 2.00. The number of piperidine rings is 2. The fourth-order valence-electron chi connectivity index (χ4n) is 4.44. The van der Waals surface area contributed by atoms with E-state index in [-0.39, 0.29) is 25.6 Å². The number of aromatic nitrogens is 3. The molecule has 0 aromatic carbocycles. The minimum absolute atomic E-state index is 0. The van der Waals surface area contributed by atoms with Crippen LogP contribution in [0.3, 0.4) is 0 Å². The quantitative estimate of drug-likeness (QED) is 0.482. The number of hydrogen-bond acceptors (Lipinski definition) is 11. The Morgan fingerprint density at radius 1 is 1.14 bits per heavy atom. The van der Waals surface area contributed by atoms with Gasteiger partial charge in [-0.3, -0.25) is 5.32 Å². The highest BCUT2D eigenvalue weighted by Crippen LogP contribution is 2.31. The highest BCUT2D eigenvalue weighted by atomic mass is 32.1. The number of aliphatic hydroxyl groups excluding tert-OH is 2. The van der Waals surface area contributed by atoms with Gasteiger partial charge in [-0.2, -0.15) is 9.97 Å². The van der Waals surface area contributed by atoms with Gasteiger partial charge in [-0.15, -0.1) is 0 Å². The molecule has 0 bridgehead atoms. The molecule has 2 aliphatic heterocycles. The lowest BCUT2D eigenvalue weighted by Gasteiger charge is -2.35. The molecule has 10 nitrogen and oxygen atoms in total. The van der Waals surface area contributed by atoms with Crippen molar-refractivity contribution >= 4 is 40.0 Å². The predicted molar refractivity (Wildman–Crippen MR) is 139 cm³/mol. The van der Waals surface area contributed by atoms with E-state index in [1.165, 1.54) is 11.3 Å². The minimum atomic E-state index is -0.381. The first-order valence-electron chi connectivity index (χ1n) is 12.0. The smallest absolute Gasteiger partial charge is 0.350 e. The molecule has 194 valence electrons. The number of nitrogens with one attached hydrogen (secondary N) is 1. The third-order valence-electron chi connectivity index (χ3n) is 6.51. The summed E-state index contributed by atoms with van der Waals surface area (Å²) in [5, 5.41) is 23.6. The van der Waals surface area contributed by atoms with Gasteiger partial charge in [0.1, 0.15) is 16.5 Å². The molecule has 2 fully saturated rings. The van der Waals surface area contributed by atoms with E-state index in [2.05, 4.69) is 20.1 Å². The maximum absolute atomic E-state index is 12.2. The van der Waals surface area contributed by atoms with Gasteiger partial charge in [0.15, 0.2) is 5.13 Å². The van der Waals surface area contributed by atoms with Crippen molar-refractivity contribution in [2.75, 3.05) is 47.9 Å². The van der Waals surface area contributed by atoms with Gasteiger partial charge >= 0.3 is 5.97 Å². The summed E-state index contributed by atoms with van der Waals surface area (Å²) >= 11 is 1.22. The van der Waals surface area contributed by atoms with Crippen LogP contribution in [0.25, 0.3) is 0 Å². The number of nitrogens with zero attached hydrogens (tertiary/aromatic N) is 5. The Hall–Kier alpha value is -2.50. The molecule has 2 aromatic heterocycles. The van der Waals surface area contributed by atoms with E-state index in [0.29, 0.717) is 47.0 Å². The summed E-state index contributed by atoms with van der Waals surface area (Å²) in [5.41, 5.74) is 0.604. The van der Waals surface area contributed by atoms with Crippen LogP contribution in [0.5, 0.6) is 0 Å². The fraction of sp³-hybridized carbons (Fsp3) is 0.667. The Morgan fingerprint density at radius 2 is 1.71 bits per heavy atom. The molecule has 0 saturated carbocycles. The number of aryl methyl sites for hydroxylation is 1. The highest BCUT2D eigenvalue weighted by Gasteiger charge is 2.26. The third kappa shape index (κ3) is 6.59. The first kappa shape index (κ1) is 27.1. The first-order valence-corrected chi connectivity index (χ1v) is 12.8. The van der Waals surface area contributed by atoms with Crippen molar-refractivity contribution < 1.29 is 19.7 Å². The number of esters is 1. The molecule has 2 aliphatic rings. The van der Waals surface area contributed by atoms with Gasteiger partial charge in [0, 0.05) is 32.2 Å². The van der Waals surface area contributed by atoms with Crippen LogP contribution in [-0.4, -0.2) is 76.1 Å². The first-order chi connectivity index (χ1) is 16.3. The molecule has 4 rings (SSSR count). The van der Waals surface area contributed by atoms with Crippen LogP contribution in [0.2, 0.25) is 0 Å². The van der Waals surface area contributed by atoms with Crippen molar-refractivity contribution in [2.45, 2.75) is 66.1 Å². The van der Waals surface area contributed by atoms with Gasteiger partial charge in [0.2, 0.25) is 5.95 Å². The Kier molecular flexibility index (Phi) is 9.26. The number of carbonyl (C=O) groups is 1. The molecular formula is C24H38N6O4S. The van der Waals surface area contributed by atoms with Gasteiger partial charge in [-0.1, -0.05) is 18.8 Å². The lowest BCUT2D eigenvalue weighted by Crippen LogP contribution is -2.38. The molecule has 4 heterocycles. The van der Waals surface area contributed by atoms with E-state index in [1.807, 2.05) is 13.0 Å². The van der Waals surface area contributed by atoms with Gasteiger partial charge in [-0.05, 0) is 52.4 Å². The van der Waals surface area contributed by atoms with Crippen LogP contribution in [0.1, 0.15) is 62.3 Å². The Labute approximate surface area is 211 Å². The molecule has 0 amide bonds. The SMILES string of the molecule is C.CCOC(=O)c1sc(Nc2nc(N3CCC(O)CC3)cc(N3CCC(C(C)O)CC3)n2)nc1C. The lowest BCUT2D eigenvalue weighted by molar-refractivity contribution is 0.0531. The number of ether oxygens (including phenoxy) is 1. The van der Waals surface area contributed by atoms with E-state index in [9.17, 15) is 15.0 Å². The second-order valence-corrected chi connectivity index (χ2v) is 9.97. The van der Waals surface area contributed by atoms with Crippen LogP contribution < -0.4 is 15.1 Å². The average Bonchev–Trinajstić information content (AvgIpc) is 3.19. The zero-order valence-corrected chi connectivity index (χ0v) is 20.8. The summed E-state index contributed by atoms with van der Waals surface area (Å²) in [6.07, 6.45) is 2.65. The molecule has 35 heavy (non-hydrogen) atoms. The molecule has 1 atom stereocenters. The summed E-state index contributed by atoms with van der Waals surface area (Å²) in [7, 11) is 0. The molecule has 3 N–H and O–H groups in total. The monoisotopic (exact) mass is 506 g/mol. The van der Waals surface area contributed by atoms with Crippen molar-refractivity contribution in [3.63, 3.8) is 0 Å². The second-order valence-electron chi connectivity index (χ2n) is 8.97. The number of thiazole rings is 1. The zero-order valence-electron chi connectivity index (χ0n) is 20.0. The average molecular weight is 507 g/mol. The maximum atomic E-state index is 12.2. The second kappa shape index (κ2) is 12.0.